The average molecular weight is 299 g/mol. The highest BCUT2D eigenvalue weighted by Gasteiger charge is 2.31. The molecule has 1 aromatic carbocycles. The number of H-pyrrole nitrogens is 1. The number of anilines is 1. The summed E-state index contributed by atoms with van der Waals surface area (Å²) in [6, 6.07) is 6.13. The Morgan fingerprint density at radius 1 is 1.29 bits per heavy atom. The van der Waals surface area contributed by atoms with Crippen LogP contribution in [0.5, 0.6) is 0 Å². The monoisotopic (exact) mass is 299 g/mol. The number of hydrogen-bond acceptors (Lipinski definition) is 4. The molecule has 1 heterocycles. The van der Waals surface area contributed by atoms with Gasteiger partial charge in [0.1, 0.15) is 12.2 Å². The number of halogens is 3. The molecule has 0 fully saturated rings. The molecule has 1 amide bonds. The van der Waals surface area contributed by atoms with E-state index >= 15 is 0 Å². The third-order valence-electron chi connectivity index (χ3n) is 2.51. The summed E-state index contributed by atoms with van der Waals surface area (Å²) in [6.07, 6.45) is -6.04. The van der Waals surface area contributed by atoms with Crippen LogP contribution >= 0.6 is 0 Å². The zero-order valence-electron chi connectivity index (χ0n) is 10.7. The Kier molecular flexibility index (Phi) is 4.22. The highest BCUT2D eigenvalue weighted by molar-refractivity contribution is 5.91. The van der Waals surface area contributed by atoms with Crippen LogP contribution in [0.1, 0.15) is 12.2 Å². The van der Waals surface area contributed by atoms with Gasteiger partial charge in [0, 0.05) is 11.3 Å². The number of alkyl halides is 3. The number of nitrogens with two attached hydrogens (primary N) is 1. The molecule has 0 spiro atoms. The fourth-order valence-electron chi connectivity index (χ4n) is 1.61. The van der Waals surface area contributed by atoms with Crippen molar-refractivity contribution in [1.82, 2.24) is 15.2 Å². The van der Waals surface area contributed by atoms with Crippen molar-refractivity contribution in [2.24, 2.45) is 5.73 Å². The highest BCUT2D eigenvalue weighted by atomic mass is 19.4. The molecule has 0 aliphatic rings. The summed E-state index contributed by atoms with van der Waals surface area (Å²) in [5.74, 6) is -0.172. The van der Waals surface area contributed by atoms with Gasteiger partial charge in [-0.3, -0.25) is 9.89 Å². The minimum atomic E-state index is -4.53. The molecule has 1 aromatic heterocycles. The number of carbonyl (C=O) groups excluding carboxylic acids is 1. The van der Waals surface area contributed by atoms with Crippen molar-refractivity contribution < 1.29 is 18.0 Å². The molecule has 6 nitrogen and oxygen atoms in total. The molecule has 2 aromatic rings. The normalized spacial score (nSPS) is 11.4. The first-order chi connectivity index (χ1) is 9.87. The van der Waals surface area contributed by atoms with Crippen LogP contribution in [0.25, 0.3) is 11.4 Å². The van der Waals surface area contributed by atoms with Crippen LogP contribution in [0.15, 0.2) is 24.3 Å². The molecule has 0 atom stereocenters. The molecule has 0 radical (unpaired) electrons. The van der Waals surface area contributed by atoms with E-state index < -0.39 is 18.5 Å². The summed E-state index contributed by atoms with van der Waals surface area (Å²) < 4.78 is 36.1. The molecule has 0 aliphatic heterocycles. The minimum absolute atomic E-state index is 0.221. The van der Waals surface area contributed by atoms with Crippen LogP contribution in [0.2, 0.25) is 0 Å². The smallest absolute Gasteiger partial charge is 0.326 e. The summed E-state index contributed by atoms with van der Waals surface area (Å²) in [4.78, 5) is 15.3. The number of hydrogen-bond donors (Lipinski definition) is 3. The Hall–Kier alpha value is -2.42. The van der Waals surface area contributed by atoms with E-state index in [4.69, 9.17) is 5.73 Å². The summed E-state index contributed by atoms with van der Waals surface area (Å²) in [5, 5.41) is 8.76. The van der Waals surface area contributed by atoms with Crippen molar-refractivity contribution in [2.75, 3.05) is 5.32 Å². The number of aromatic nitrogens is 3. The van der Waals surface area contributed by atoms with E-state index in [0.717, 1.165) is 0 Å². The van der Waals surface area contributed by atoms with Crippen molar-refractivity contribution in [1.29, 1.82) is 0 Å². The van der Waals surface area contributed by atoms with Gasteiger partial charge in [0.2, 0.25) is 5.91 Å². The lowest BCUT2D eigenvalue weighted by Crippen LogP contribution is -2.21. The minimum Gasteiger partial charge on any atom is -0.326 e. The first-order valence-electron chi connectivity index (χ1n) is 5.96. The topological polar surface area (TPSA) is 96.7 Å². The molecular formula is C12H12F3N5O. The largest absolute Gasteiger partial charge is 0.397 e. The van der Waals surface area contributed by atoms with E-state index in [2.05, 4.69) is 20.5 Å². The van der Waals surface area contributed by atoms with Crippen LogP contribution in [-0.4, -0.2) is 27.3 Å². The lowest BCUT2D eigenvalue weighted by Gasteiger charge is -2.07. The molecule has 0 bridgehead atoms. The standard InChI is InChI=1S/C12H12F3N5O/c13-12(14,15)5-10(21)17-8-3-1-7(2-4-8)11-18-9(6-16)19-20-11/h1-4H,5-6,16H2,(H,17,21)(H,18,19,20). The zero-order chi connectivity index (χ0) is 15.5. The first-order valence-corrected chi connectivity index (χ1v) is 5.96. The van der Waals surface area contributed by atoms with Crippen LogP contribution in [0, 0.1) is 0 Å². The molecule has 0 saturated carbocycles. The molecular weight excluding hydrogens is 287 g/mol. The predicted molar refractivity (Wildman–Crippen MR) is 69.0 cm³/mol. The fraction of sp³-hybridized carbons (Fsp3) is 0.250. The molecule has 21 heavy (non-hydrogen) atoms. The second kappa shape index (κ2) is 5.92. The lowest BCUT2D eigenvalue weighted by molar-refractivity contribution is -0.150. The van der Waals surface area contributed by atoms with E-state index in [0.29, 0.717) is 17.2 Å². The molecule has 9 heteroatoms. The third kappa shape index (κ3) is 4.28. The van der Waals surface area contributed by atoms with Gasteiger partial charge in [-0.2, -0.15) is 18.3 Å². The van der Waals surface area contributed by atoms with Crippen LogP contribution in [0.4, 0.5) is 18.9 Å². The molecule has 0 saturated heterocycles. The number of nitrogens with zero attached hydrogens (tertiary/aromatic N) is 2. The first kappa shape index (κ1) is 15.0. The number of rotatable bonds is 4. The van der Waals surface area contributed by atoms with Gasteiger partial charge in [-0.1, -0.05) is 0 Å². The maximum absolute atomic E-state index is 12.0. The Labute approximate surface area is 117 Å². The lowest BCUT2D eigenvalue weighted by atomic mass is 10.2. The van der Waals surface area contributed by atoms with Crippen molar-refractivity contribution in [3.05, 3.63) is 30.1 Å². The summed E-state index contributed by atoms with van der Waals surface area (Å²) in [6.45, 7) is 0.221. The Balaban J connectivity index is 2.03. The van der Waals surface area contributed by atoms with Gasteiger partial charge < -0.3 is 11.1 Å². The molecule has 112 valence electrons. The van der Waals surface area contributed by atoms with Crippen molar-refractivity contribution >= 4 is 11.6 Å². The fourth-order valence-corrected chi connectivity index (χ4v) is 1.61. The van der Waals surface area contributed by atoms with Crippen LogP contribution in [-0.2, 0) is 11.3 Å². The third-order valence-corrected chi connectivity index (χ3v) is 2.51. The number of carbonyl (C=O) groups is 1. The van der Waals surface area contributed by atoms with E-state index in [1.807, 2.05) is 0 Å². The van der Waals surface area contributed by atoms with Crippen LogP contribution < -0.4 is 11.1 Å². The van der Waals surface area contributed by atoms with Gasteiger partial charge in [-0.05, 0) is 24.3 Å². The molecule has 4 N–H and O–H groups in total. The van der Waals surface area contributed by atoms with Crippen molar-refractivity contribution in [3.8, 4) is 11.4 Å². The number of benzene rings is 1. The highest BCUT2D eigenvalue weighted by Crippen LogP contribution is 2.21. The van der Waals surface area contributed by atoms with Gasteiger partial charge in [0.15, 0.2) is 5.82 Å². The predicted octanol–water partition coefficient (Wildman–Crippen LogP) is 1.82. The summed E-state index contributed by atoms with van der Waals surface area (Å²) in [5.41, 5.74) is 6.32. The summed E-state index contributed by atoms with van der Waals surface area (Å²) >= 11 is 0. The SMILES string of the molecule is NCc1nc(-c2ccc(NC(=O)CC(F)(F)F)cc2)n[nH]1. The summed E-state index contributed by atoms with van der Waals surface area (Å²) in [7, 11) is 0. The Bertz CT molecular complexity index is 621. The van der Waals surface area contributed by atoms with E-state index in [1.165, 1.54) is 12.1 Å². The second-order valence-electron chi connectivity index (χ2n) is 4.23. The number of aromatic amines is 1. The molecule has 0 aliphatic carbocycles. The van der Waals surface area contributed by atoms with Crippen molar-refractivity contribution in [3.63, 3.8) is 0 Å². The number of nitrogens with one attached hydrogen (secondary N) is 2. The van der Waals surface area contributed by atoms with Crippen LogP contribution in [0.3, 0.4) is 0 Å². The molecule has 2 rings (SSSR count). The number of amides is 1. The Morgan fingerprint density at radius 3 is 2.48 bits per heavy atom. The second-order valence-corrected chi connectivity index (χ2v) is 4.23. The van der Waals surface area contributed by atoms with Gasteiger partial charge >= 0.3 is 6.18 Å². The van der Waals surface area contributed by atoms with E-state index in [1.54, 1.807) is 12.1 Å². The van der Waals surface area contributed by atoms with E-state index in [9.17, 15) is 18.0 Å². The maximum Gasteiger partial charge on any atom is 0.397 e. The quantitative estimate of drug-likeness (QED) is 0.802. The zero-order valence-corrected chi connectivity index (χ0v) is 10.7. The van der Waals surface area contributed by atoms with Gasteiger partial charge in [-0.25, -0.2) is 4.98 Å². The van der Waals surface area contributed by atoms with Gasteiger partial charge in [0.25, 0.3) is 0 Å². The average Bonchev–Trinajstić information content (AvgIpc) is 2.86. The molecule has 0 unspecified atom stereocenters. The van der Waals surface area contributed by atoms with Gasteiger partial charge in [0.05, 0.1) is 6.54 Å². The Morgan fingerprint density at radius 2 is 1.95 bits per heavy atom. The van der Waals surface area contributed by atoms with Gasteiger partial charge in [-0.15, -0.1) is 0 Å². The van der Waals surface area contributed by atoms with Crippen molar-refractivity contribution in [2.45, 2.75) is 19.1 Å². The van der Waals surface area contributed by atoms with E-state index in [-0.39, 0.29) is 12.2 Å². The maximum atomic E-state index is 12.0.